The maximum Gasteiger partial charge on any atom is 0.339 e. The van der Waals surface area contributed by atoms with Crippen molar-refractivity contribution in [1.82, 2.24) is 4.90 Å². The van der Waals surface area contributed by atoms with Gasteiger partial charge in [0.1, 0.15) is 0 Å². The Morgan fingerprint density at radius 2 is 1.75 bits per heavy atom. The number of carbonyl (C=O) groups excluding carboxylic acids is 2. The van der Waals surface area contributed by atoms with Gasteiger partial charge in [0, 0.05) is 13.1 Å². The summed E-state index contributed by atoms with van der Waals surface area (Å²) in [5, 5.41) is 0. The van der Waals surface area contributed by atoms with Crippen molar-refractivity contribution in [1.29, 1.82) is 0 Å². The Bertz CT molecular complexity index is 593. The fourth-order valence-corrected chi connectivity index (χ4v) is 2.73. The van der Waals surface area contributed by atoms with Crippen LogP contribution < -0.4 is 9.47 Å². The highest BCUT2D eigenvalue weighted by atomic mass is 16.5. The molecule has 0 bridgehead atoms. The molecule has 0 spiro atoms. The minimum absolute atomic E-state index is 0.143. The van der Waals surface area contributed by atoms with Crippen LogP contribution in [-0.2, 0) is 9.53 Å². The number of nitrogens with zero attached hydrogens (tertiary/aromatic N) is 1. The number of piperidine rings is 1. The molecule has 1 atom stereocenters. The van der Waals surface area contributed by atoms with Crippen LogP contribution >= 0.6 is 0 Å². The van der Waals surface area contributed by atoms with Crippen LogP contribution in [-0.4, -0.2) is 50.2 Å². The van der Waals surface area contributed by atoms with Crippen LogP contribution in [0.2, 0.25) is 0 Å². The van der Waals surface area contributed by atoms with Crippen molar-refractivity contribution in [3.05, 3.63) is 23.8 Å². The van der Waals surface area contributed by atoms with Crippen LogP contribution in [0.1, 0.15) is 37.0 Å². The first kappa shape index (κ1) is 18.1. The van der Waals surface area contributed by atoms with Crippen molar-refractivity contribution in [2.45, 2.75) is 32.8 Å². The van der Waals surface area contributed by atoms with Gasteiger partial charge in [0.25, 0.3) is 5.91 Å². The number of ether oxygens (including phenoxy) is 3. The number of benzene rings is 1. The van der Waals surface area contributed by atoms with Crippen molar-refractivity contribution in [3.8, 4) is 11.5 Å². The monoisotopic (exact) mass is 335 g/mol. The Morgan fingerprint density at radius 1 is 1.12 bits per heavy atom. The third kappa shape index (κ3) is 4.19. The first-order valence-electron chi connectivity index (χ1n) is 8.18. The Hall–Kier alpha value is -2.24. The third-order valence-electron chi connectivity index (χ3n) is 4.35. The molecule has 6 nitrogen and oxygen atoms in total. The Kier molecular flexibility index (Phi) is 6.06. The lowest BCUT2D eigenvalue weighted by molar-refractivity contribution is -0.141. The highest BCUT2D eigenvalue weighted by molar-refractivity contribution is 5.92. The van der Waals surface area contributed by atoms with Crippen molar-refractivity contribution in [3.63, 3.8) is 0 Å². The number of rotatable bonds is 5. The molecule has 1 saturated heterocycles. The van der Waals surface area contributed by atoms with Gasteiger partial charge < -0.3 is 19.1 Å². The van der Waals surface area contributed by atoms with E-state index in [4.69, 9.17) is 14.2 Å². The molecule has 0 N–H and O–H groups in total. The summed E-state index contributed by atoms with van der Waals surface area (Å²) in [4.78, 5) is 26.4. The molecule has 0 saturated carbocycles. The summed E-state index contributed by atoms with van der Waals surface area (Å²) < 4.78 is 15.6. The first-order chi connectivity index (χ1) is 11.5. The van der Waals surface area contributed by atoms with Gasteiger partial charge in [0.2, 0.25) is 0 Å². The molecule has 1 aromatic carbocycles. The fraction of sp³-hybridized carbons (Fsp3) is 0.556. The number of likely N-dealkylation sites (tertiary alicyclic amines) is 1. The van der Waals surface area contributed by atoms with E-state index in [-0.39, 0.29) is 5.91 Å². The number of carbonyl (C=O) groups is 2. The lowest BCUT2D eigenvalue weighted by atomic mass is 9.99. The van der Waals surface area contributed by atoms with Gasteiger partial charge in [-0.25, -0.2) is 4.79 Å². The lowest BCUT2D eigenvalue weighted by Crippen LogP contribution is -2.44. The van der Waals surface area contributed by atoms with Crippen LogP contribution in [0, 0.1) is 5.92 Å². The van der Waals surface area contributed by atoms with Gasteiger partial charge in [-0.05, 0) is 43.9 Å². The summed E-state index contributed by atoms with van der Waals surface area (Å²) in [6.45, 7) is 5.23. The molecule has 1 heterocycles. The number of amides is 1. The average molecular weight is 335 g/mol. The minimum atomic E-state index is -0.806. The van der Waals surface area contributed by atoms with E-state index in [1.807, 2.05) is 0 Å². The maximum atomic E-state index is 12.4. The van der Waals surface area contributed by atoms with E-state index in [9.17, 15) is 9.59 Å². The summed E-state index contributed by atoms with van der Waals surface area (Å²) in [7, 11) is 3.02. The van der Waals surface area contributed by atoms with Gasteiger partial charge >= 0.3 is 5.97 Å². The summed E-state index contributed by atoms with van der Waals surface area (Å²) in [5.74, 6) is 0.910. The van der Waals surface area contributed by atoms with Gasteiger partial charge in [-0.3, -0.25) is 4.79 Å². The molecule has 1 fully saturated rings. The zero-order chi connectivity index (χ0) is 17.7. The number of hydrogen-bond acceptors (Lipinski definition) is 5. The normalized spacial score (nSPS) is 16.4. The molecule has 24 heavy (non-hydrogen) atoms. The second-order valence-corrected chi connectivity index (χ2v) is 6.13. The van der Waals surface area contributed by atoms with E-state index in [1.165, 1.54) is 14.2 Å². The SMILES string of the molecule is COc1ccc(C(=O)O[C@@H](C)C(=O)N2CCC(C)CC2)cc1OC. The summed E-state index contributed by atoms with van der Waals surface area (Å²) in [6.07, 6.45) is 1.17. The van der Waals surface area contributed by atoms with E-state index in [0.29, 0.717) is 23.0 Å². The summed E-state index contributed by atoms with van der Waals surface area (Å²) >= 11 is 0. The summed E-state index contributed by atoms with van der Waals surface area (Å²) in [5.41, 5.74) is 0.319. The van der Waals surface area contributed by atoms with E-state index in [2.05, 4.69) is 6.92 Å². The van der Waals surface area contributed by atoms with Crippen molar-refractivity contribution in [2.75, 3.05) is 27.3 Å². The molecule has 0 aromatic heterocycles. The second-order valence-electron chi connectivity index (χ2n) is 6.13. The number of methoxy groups -OCH3 is 2. The molecule has 0 unspecified atom stereocenters. The topological polar surface area (TPSA) is 65.1 Å². The average Bonchev–Trinajstić information content (AvgIpc) is 2.60. The Morgan fingerprint density at radius 3 is 2.33 bits per heavy atom. The molecular formula is C18H25NO5. The molecule has 1 aliphatic heterocycles. The molecule has 6 heteroatoms. The zero-order valence-corrected chi connectivity index (χ0v) is 14.7. The third-order valence-corrected chi connectivity index (χ3v) is 4.35. The molecule has 0 radical (unpaired) electrons. The van der Waals surface area contributed by atoms with Crippen molar-refractivity contribution >= 4 is 11.9 Å². The van der Waals surface area contributed by atoms with Gasteiger partial charge in [0.15, 0.2) is 17.6 Å². The van der Waals surface area contributed by atoms with Crippen LogP contribution in [0.25, 0.3) is 0 Å². The molecule has 0 aliphatic carbocycles. The smallest absolute Gasteiger partial charge is 0.339 e. The van der Waals surface area contributed by atoms with Crippen LogP contribution in [0.3, 0.4) is 0 Å². The van der Waals surface area contributed by atoms with Gasteiger partial charge in [-0.1, -0.05) is 6.92 Å². The fourth-order valence-electron chi connectivity index (χ4n) is 2.73. The van der Waals surface area contributed by atoms with Crippen molar-refractivity contribution in [2.24, 2.45) is 5.92 Å². The van der Waals surface area contributed by atoms with Gasteiger partial charge in [-0.15, -0.1) is 0 Å². The Labute approximate surface area is 142 Å². The molecule has 1 aliphatic rings. The number of esters is 1. The predicted molar refractivity (Wildman–Crippen MR) is 89.4 cm³/mol. The molecule has 1 aromatic rings. The first-order valence-corrected chi connectivity index (χ1v) is 8.18. The second kappa shape index (κ2) is 8.04. The van der Waals surface area contributed by atoms with Gasteiger partial charge in [-0.2, -0.15) is 0 Å². The maximum absolute atomic E-state index is 12.4. The largest absolute Gasteiger partial charge is 0.493 e. The minimum Gasteiger partial charge on any atom is -0.493 e. The number of hydrogen-bond donors (Lipinski definition) is 0. The highest BCUT2D eigenvalue weighted by Crippen LogP contribution is 2.28. The van der Waals surface area contributed by atoms with Crippen LogP contribution in [0.5, 0.6) is 11.5 Å². The standard InChI is InChI=1S/C18H25NO5/c1-12-7-9-19(10-8-12)17(20)13(2)24-18(21)14-5-6-15(22-3)16(11-14)23-4/h5-6,11-13H,7-10H2,1-4H3/t13-/m0/s1. The van der Waals surface area contributed by atoms with Crippen LogP contribution in [0.15, 0.2) is 18.2 Å². The van der Waals surface area contributed by atoms with E-state index < -0.39 is 12.1 Å². The van der Waals surface area contributed by atoms with Crippen molar-refractivity contribution < 1.29 is 23.8 Å². The highest BCUT2D eigenvalue weighted by Gasteiger charge is 2.27. The van der Waals surface area contributed by atoms with E-state index in [1.54, 1.807) is 30.0 Å². The molecular weight excluding hydrogens is 310 g/mol. The molecule has 132 valence electrons. The lowest BCUT2D eigenvalue weighted by Gasteiger charge is -2.31. The predicted octanol–water partition coefficient (Wildman–Crippen LogP) is 2.51. The van der Waals surface area contributed by atoms with E-state index in [0.717, 1.165) is 25.9 Å². The Balaban J connectivity index is 1.99. The molecule has 1 amide bonds. The van der Waals surface area contributed by atoms with E-state index >= 15 is 0 Å². The zero-order valence-electron chi connectivity index (χ0n) is 14.7. The van der Waals surface area contributed by atoms with Crippen LogP contribution in [0.4, 0.5) is 0 Å². The molecule has 2 rings (SSSR count). The quantitative estimate of drug-likeness (QED) is 0.774. The summed E-state index contributed by atoms with van der Waals surface area (Å²) in [6, 6.07) is 4.76. The van der Waals surface area contributed by atoms with Gasteiger partial charge in [0.05, 0.1) is 19.8 Å².